The lowest BCUT2D eigenvalue weighted by atomic mass is 10.1. The van der Waals surface area contributed by atoms with Crippen molar-refractivity contribution in [2.24, 2.45) is 0 Å². The van der Waals surface area contributed by atoms with Crippen LogP contribution in [0.25, 0.3) is 0 Å². The second-order valence-corrected chi connectivity index (χ2v) is 4.26. The minimum atomic E-state index is -0.236. The number of anilines is 3. The van der Waals surface area contributed by atoms with Crippen molar-refractivity contribution in [1.29, 1.82) is 0 Å². The van der Waals surface area contributed by atoms with Crippen LogP contribution in [0.1, 0.15) is 12.5 Å². The predicted molar refractivity (Wildman–Crippen MR) is 74.7 cm³/mol. The van der Waals surface area contributed by atoms with Gasteiger partial charge >= 0.3 is 0 Å². The van der Waals surface area contributed by atoms with E-state index in [9.17, 15) is 4.39 Å². The molecule has 0 unspecified atom stereocenters. The summed E-state index contributed by atoms with van der Waals surface area (Å²) in [7, 11) is 0. The van der Waals surface area contributed by atoms with Gasteiger partial charge in [-0.3, -0.25) is 0 Å². The first-order valence-electron chi connectivity index (χ1n) is 6.01. The quantitative estimate of drug-likeness (QED) is 0.830. The number of rotatable bonds is 3. The van der Waals surface area contributed by atoms with Crippen molar-refractivity contribution in [3.05, 3.63) is 53.8 Å². The van der Waals surface area contributed by atoms with Crippen LogP contribution < -0.4 is 10.6 Å². The number of hydrogen-bond acceptors (Lipinski definition) is 2. The molecule has 0 amide bonds. The van der Waals surface area contributed by atoms with Gasteiger partial charge in [-0.25, -0.2) is 4.39 Å². The Balaban J connectivity index is 2.52. The van der Waals surface area contributed by atoms with Gasteiger partial charge in [-0.05, 0) is 43.7 Å². The van der Waals surface area contributed by atoms with Crippen LogP contribution in [0.5, 0.6) is 0 Å². The maximum Gasteiger partial charge on any atom is 0.146 e. The summed E-state index contributed by atoms with van der Waals surface area (Å²) in [4.78, 5) is 1.89. The molecule has 2 nitrogen and oxygen atoms in total. The van der Waals surface area contributed by atoms with Gasteiger partial charge in [0.25, 0.3) is 0 Å². The van der Waals surface area contributed by atoms with Crippen molar-refractivity contribution in [2.75, 3.05) is 17.2 Å². The third-order valence-corrected chi connectivity index (χ3v) is 2.94. The van der Waals surface area contributed by atoms with E-state index in [1.54, 1.807) is 12.1 Å². The maximum atomic E-state index is 13.9. The maximum absolute atomic E-state index is 13.9. The van der Waals surface area contributed by atoms with Gasteiger partial charge in [0.05, 0.1) is 17.1 Å². The lowest BCUT2D eigenvalue weighted by Gasteiger charge is -2.25. The van der Waals surface area contributed by atoms with Gasteiger partial charge in [0.1, 0.15) is 5.82 Å². The van der Waals surface area contributed by atoms with E-state index in [-0.39, 0.29) is 5.82 Å². The van der Waals surface area contributed by atoms with E-state index in [1.165, 1.54) is 6.07 Å². The third kappa shape index (κ3) is 2.30. The largest absolute Gasteiger partial charge is 0.397 e. The molecule has 3 heteroatoms. The molecule has 0 aliphatic rings. The molecule has 2 aromatic rings. The van der Waals surface area contributed by atoms with Gasteiger partial charge in [-0.2, -0.15) is 0 Å². The Morgan fingerprint density at radius 1 is 1.11 bits per heavy atom. The zero-order valence-electron chi connectivity index (χ0n) is 10.7. The molecule has 0 aliphatic heterocycles. The van der Waals surface area contributed by atoms with Gasteiger partial charge in [-0.15, -0.1) is 0 Å². The first-order valence-corrected chi connectivity index (χ1v) is 6.01. The Morgan fingerprint density at radius 2 is 1.83 bits per heavy atom. The van der Waals surface area contributed by atoms with Crippen molar-refractivity contribution >= 4 is 17.1 Å². The normalized spacial score (nSPS) is 10.4. The number of nitrogen functional groups attached to an aromatic ring is 1. The smallest absolute Gasteiger partial charge is 0.146 e. The fourth-order valence-electron chi connectivity index (χ4n) is 2.03. The number of aryl methyl sites for hydroxylation is 1. The average Bonchev–Trinajstić information content (AvgIpc) is 2.36. The van der Waals surface area contributed by atoms with Gasteiger partial charge in [0.15, 0.2) is 0 Å². The second-order valence-electron chi connectivity index (χ2n) is 4.26. The molecule has 0 fully saturated rings. The molecule has 0 aliphatic carbocycles. The summed E-state index contributed by atoms with van der Waals surface area (Å²) in [5, 5.41) is 0. The fraction of sp³-hybridized carbons (Fsp3) is 0.200. The van der Waals surface area contributed by atoms with Gasteiger partial charge in [-0.1, -0.05) is 18.2 Å². The Labute approximate surface area is 107 Å². The monoisotopic (exact) mass is 244 g/mol. The first kappa shape index (κ1) is 12.4. The van der Waals surface area contributed by atoms with Crippen LogP contribution >= 0.6 is 0 Å². The minimum absolute atomic E-state index is 0.236. The van der Waals surface area contributed by atoms with E-state index in [0.717, 1.165) is 11.3 Å². The summed E-state index contributed by atoms with van der Waals surface area (Å²) < 4.78 is 13.9. The number of nitrogens with zero attached hydrogens (tertiary/aromatic N) is 1. The average molecular weight is 244 g/mol. The van der Waals surface area contributed by atoms with Crippen LogP contribution in [0.2, 0.25) is 0 Å². The molecule has 0 saturated carbocycles. The Bertz CT molecular complexity index is 552. The molecular weight excluding hydrogens is 227 g/mol. The van der Waals surface area contributed by atoms with E-state index in [4.69, 9.17) is 5.73 Å². The highest BCUT2D eigenvalue weighted by Gasteiger charge is 2.13. The number of para-hydroxylation sites is 1. The van der Waals surface area contributed by atoms with E-state index >= 15 is 0 Å². The fourth-order valence-corrected chi connectivity index (χ4v) is 2.03. The van der Waals surface area contributed by atoms with Gasteiger partial charge < -0.3 is 10.6 Å². The molecule has 2 aromatic carbocycles. The molecular formula is C15H17FN2. The summed E-state index contributed by atoms with van der Waals surface area (Å²) in [6.07, 6.45) is 0. The predicted octanol–water partition coefficient (Wildman–Crippen LogP) is 3.87. The molecule has 0 heterocycles. The summed E-state index contributed by atoms with van der Waals surface area (Å²) in [5.41, 5.74) is 9.16. The first-order chi connectivity index (χ1) is 8.63. The highest BCUT2D eigenvalue weighted by Crippen LogP contribution is 2.32. The summed E-state index contributed by atoms with van der Waals surface area (Å²) in [6, 6.07) is 12.5. The molecule has 0 radical (unpaired) electrons. The minimum Gasteiger partial charge on any atom is -0.397 e. The van der Waals surface area contributed by atoms with E-state index in [1.807, 2.05) is 43.0 Å². The molecule has 94 valence electrons. The molecule has 0 bridgehead atoms. The van der Waals surface area contributed by atoms with Crippen LogP contribution in [0.4, 0.5) is 21.5 Å². The summed E-state index contributed by atoms with van der Waals surface area (Å²) >= 11 is 0. The summed E-state index contributed by atoms with van der Waals surface area (Å²) in [5.74, 6) is -0.236. The molecule has 2 rings (SSSR count). The van der Waals surface area contributed by atoms with E-state index in [0.29, 0.717) is 17.9 Å². The highest BCUT2D eigenvalue weighted by molar-refractivity contribution is 5.75. The number of benzene rings is 2. The number of nitrogens with two attached hydrogens (primary N) is 1. The van der Waals surface area contributed by atoms with Crippen molar-refractivity contribution in [1.82, 2.24) is 0 Å². The van der Waals surface area contributed by atoms with E-state index < -0.39 is 0 Å². The third-order valence-electron chi connectivity index (χ3n) is 2.94. The van der Waals surface area contributed by atoms with Gasteiger partial charge in [0.2, 0.25) is 0 Å². The van der Waals surface area contributed by atoms with E-state index in [2.05, 4.69) is 0 Å². The van der Waals surface area contributed by atoms with Crippen molar-refractivity contribution in [2.45, 2.75) is 13.8 Å². The van der Waals surface area contributed by atoms with Crippen molar-refractivity contribution in [3.8, 4) is 0 Å². The molecule has 0 aromatic heterocycles. The van der Waals surface area contributed by atoms with Gasteiger partial charge in [0, 0.05) is 6.54 Å². The van der Waals surface area contributed by atoms with Crippen LogP contribution in [0, 0.1) is 12.7 Å². The van der Waals surface area contributed by atoms with Crippen LogP contribution in [0.15, 0.2) is 42.5 Å². The topological polar surface area (TPSA) is 29.3 Å². The van der Waals surface area contributed by atoms with Crippen LogP contribution in [-0.4, -0.2) is 6.54 Å². The molecule has 0 atom stereocenters. The Kier molecular flexibility index (Phi) is 3.51. The summed E-state index contributed by atoms with van der Waals surface area (Å²) in [6.45, 7) is 4.64. The molecule has 0 spiro atoms. The number of halogens is 1. The number of hydrogen-bond donors (Lipinski definition) is 1. The zero-order chi connectivity index (χ0) is 13.1. The van der Waals surface area contributed by atoms with Crippen LogP contribution in [0.3, 0.4) is 0 Å². The Morgan fingerprint density at radius 3 is 2.50 bits per heavy atom. The molecule has 2 N–H and O–H groups in total. The lowest BCUT2D eigenvalue weighted by Crippen LogP contribution is -2.18. The molecule has 18 heavy (non-hydrogen) atoms. The van der Waals surface area contributed by atoms with Crippen LogP contribution in [-0.2, 0) is 0 Å². The Hall–Kier alpha value is -2.03. The zero-order valence-corrected chi connectivity index (χ0v) is 10.7. The van der Waals surface area contributed by atoms with Crippen molar-refractivity contribution in [3.63, 3.8) is 0 Å². The second kappa shape index (κ2) is 5.08. The standard InChI is InChI=1S/C15H17FN2/c1-3-18(14-7-5-4-6-12(14)16)15-10-11(2)8-9-13(15)17/h4-10H,3,17H2,1-2H3. The SMILES string of the molecule is CCN(c1cc(C)ccc1N)c1ccccc1F. The molecule has 0 saturated heterocycles. The van der Waals surface area contributed by atoms with Crippen molar-refractivity contribution < 1.29 is 4.39 Å². The lowest BCUT2D eigenvalue weighted by molar-refractivity contribution is 0.626. The highest BCUT2D eigenvalue weighted by atomic mass is 19.1.